The molecule has 0 spiro atoms. The molecule has 2 rings (SSSR count). The Morgan fingerprint density at radius 3 is 2.43 bits per heavy atom. The normalized spacial score (nSPS) is 10.6. The first-order chi connectivity index (χ1) is 9.97. The fourth-order valence-electron chi connectivity index (χ4n) is 1.80. The fraction of sp³-hybridized carbons (Fsp3) is 0.143. The summed E-state index contributed by atoms with van der Waals surface area (Å²) in [6, 6.07) is 9.13. The molecule has 2 aromatic carbocycles. The third-order valence-corrected chi connectivity index (χ3v) is 4.40. The summed E-state index contributed by atoms with van der Waals surface area (Å²) in [4.78, 5) is 10.2. The van der Waals surface area contributed by atoms with E-state index in [1.165, 1.54) is 24.3 Å². The molecule has 0 aromatic heterocycles. The van der Waals surface area contributed by atoms with E-state index in [1.54, 1.807) is 12.1 Å². The van der Waals surface area contributed by atoms with Gasteiger partial charge in [0.2, 0.25) is 0 Å². The number of rotatable bonds is 5. The van der Waals surface area contributed by atoms with Gasteiger partial charge in [-0.25, -0.2) is 4.39 Å². The third kappa shape index (κ3) is 4.33. The summed E-state index contributed by atoms with van der Waals surface area (Å²) in [6.45, 7) is 1.00. The predicted octanol–water partition coefficient (Wildman–Crippen LogP) is 4.55. The minimum Gasteiger partial charge on any atom is -0.309 e. The zero-order valence-electron chi connectivity index (χ0n) is 10.8. The highest BCUT2D eigenvalue weighted by molar-refractivity contribution is 9.10. The Kier molecular flexibility index (Phi) is 5.44. The Bertz CT molecular complexity index is 680. The average Bonchev–Trinajstić information content (AvgIpc) is 2.44. The zero-order chi connectivity index (χ0) is 15.4. The van der Waals surface area contributed by atoms with E-state index in [0.29, 0.717) is 17.6 Å². The minimum absolute atomic E-state index is 0.0403. The number of nitrogens with one attached hydrogen (secondary N) is 1. The molecule has 0 bridgehead atoms. The number of hydrogen-bond donors (Lipinski definition) is 1. The molecule has 7 heteroatoms. The van der Waals surface area contributed by atoms with Gasteiger partial charge in [0, 0.05) is 34.2 Å². The van der Waals surface area contributed by atoms with Gasteiger partial charge in [0.25, 0.3) is 5.69 Å². The van der Waals surface area contributed by atoms with E-state index in [1.807, 2.05) is 0 Å². The lowest BCUT2D eigenvalue weighted by Gasteiger charge is -2.08. The summed E-state index contributed by atoms with van der Waals surface area (Å²) < 4.78 is 14.7. The van der Waals surface area contributed by atoms with E-state index >= 15 is 0 Å². The molecule has 0 radical (unpaired) electrons. The van der Waals surface area contributed by atoms with Crippen molar-refractivity contribution in [3.63, 3.8) is 0 Å². The predicted molar refractivity (Wildman–Crippen MR) is 85.4 cm³/mol. The lowest BCUT2D eigenvalue weighted by atomic mass is 10.2. The van der Waals surface area contributed by atoms with Crippen molar-refractivity contribution < 1.29 is 9.31 Å². The molecule has 4 nitrogen and oxygen atoms in total. The molecule has 0 saturated carbocycles. The number of nitro benzene ring substituents is 1. The van der Waals surface area contributed by atoms with Crippen LogP contribution in [0.4, 0.5) is 10.1 Å². The van der Waals surface area contributed by atoms with Crippen LogP contribution in [0.2, 0.25) is 0 Å². The van der Waals surface area contributed by atoms with Crippen LogP contribution in [-0.4, -0.2) is 4.92 Å². The van der Waals surface area contributed by atoms with Crippen LogP contribution in [0.15, 0.2) is 45.3 Å². The highest BCUT2D eigenvalue weighted by Gasteiger charge is 2.09. The van der Waals surface area contributed by atoms with Gasteiger partial charge in [0.05, 0.1) is 4.92 Å². The Balaban J connectivity index is 2.00. The second kappa shape index (κ2) is 7.11. The molecule has 0 aliphatic carbocycles. The summed E-state index contributed by atoms with van der Waals surface area (Å²) in [5, 5.41) is 13.8. The van der Waals surface area contributed by atoms with Crippen LogP contribution in [0, 0.1) is 15.9 Å². The van der Waals surface area contributed by atoms with E-state index in [9.17, 15) is 14.5 Å². The smallest absolute Gasteiger partial charge is 0.270 e. The van der Waals surface area contributed by atoms with Crippen LogP contribution >= 0.6 is 31.9 Å². The molecule has 0 amide bonds. The van der Waals surface area contributed by atoms with Crippen molar-refractivity contribution in [3.8, 4) is 0 Å². The van der Waals surface area contributed by atoms with Crippen LogP contribution in [0.3, 0.4) is 0 Å². The van der Waals surface area contributed by atoms with E-state index in [2.05, 4.69) is 37.2 Å². The molecule has 0 heterocycles. The topological polar surface area (TPSA) is 55.2 Å². The molecule has 0 aliphatic heterocycles. The fourth-order valence-corrected chi connectivity index (χ4v) is 2.70. The van der Waals surface area contributed by atoms with Crippen molar-refractivity contribution in [3.05, 3.63) is 72.4 Å². The monoisotopic (exact) mass is 416 g/mol. The largest absolute Gasteiger partial charge is 0.309 e. The summed E-state index contributed by atoms with van der Waals surface area (Å²) in [6.07, 6.45) is 0. The first-order valence-electron chi connectivity index (χ1n) is 6.05. The summed E-state index contributed by atoms with van der Waals surface area (Å²) in [7, 11) is 0. The Labute approximate surface area is 137 Å². The van der Waals surface area contributed by atoms with Gasteiger partial charge in [-0.05, 0) is 35.4 Å². The van der Waals surface area contributed by atoms with Gasteiger partial charge < -0.3 is 5.32 Å². The van der Waals surface area contributed by atoms with Crippen LogP contribution in [0.5, 0.6) is 0 Å². The van der Waals surface area contributed by atoms with Gasteiger partial charge >= 0.3 is 0 Å². The maximum atomic E-state index is 13.2. The van der Waals surface area contributed by atoms with Gasteiger partial charge in [0.1, 0.15) is 5.82 Å². The highest BCUT2D eigenvalue weighted by atomic mass is 79.9. The van der Waals surface area contributed by atoms with Crippen LogP contribution < -0.4 is 5.32 Å². The van der Waals surface area contributed by atoms with Crippen molar-refractivity contribution in [1.29, 1.82) is 0 Å². The van der Waals surface area contributed by atoms with Gasteiger partial charge in [-0.3, -0.25) is 10.1 Å². The second-order valence-electron chi connectivity index (χ2n) is 4.37. The number of benzene rings is 2. The van der Waals surface area contributed by atoms with E-state index in [0.717, 1.165) is 15.6 Å². The van der Waals surface area contributed by atoms with E-state index in [-0.39, 0.29) is 11.5 Å². The SMILES string of the molecule is O=[N+]([O-])c1ccc(CNCc2cc(F)ccc2Br)c(Br)c1. The van der Waals surface area contributed by atoms with Crippen molar-refractivity contribution in [2.45, 2.75) is 13.1 Å². The number of non-ortho nitro benzene ring substituents is 1. The highest BCUT2D eigenvalue weighted by Crippen LogP contribution is 2.23. The van der Waals surface area contributed by atoms with Gasteiger partial charge in [-0.1, -0.05) is 31.9 Å². The molecule has 0 aliphatic rings. The van der Waals surface area contributed by atoms with Crippen LogP contribution in [0.1, 0.15) is 11.1 Å². The molecule has 110 valence electrons. The molecular formula is C14H11Br2FN2O2. The second-order valence-corrected chi connectivity index (χ2v) is 6.08. The molecule has 0 atom stereocenters. The molecule has 2 aromatic rings. The Morgan fingerprint density at radius 2 is 1.76 bits per heavy atom. The molecular weight excluding hydrogens is 407 g/mol. The third-order valence-electron chi connectivity index (χ3n) is 2.89. The number of nitro groups is 1. The standard InChI is InChI=1S/C14H11Br2FN2O2/c15-13-4-2-11(17)5-10(13)8-18-7-9-1-3-12(19(20)21)6-14(9)16/h1-6,18H,7-8H2. The number of halogens is 3. The lowest BCUT2D eigenvalue weighted by Crippen LogP contribution is -2.13. The van der Waals surface area contributed by atoms with Gasteiger partial charge in [-0.15, -0.1) is 0 Å². The van der Waals surface area contributed by atoms with Crippen LogP contribution in [-0.2, 0) is 13.1 Å². The number of nitrogens with zero attached hydrogens (tertiary/aromatic N) is 1. The number of hydrogen-bond acceptors (Lipinski definition) is 3. The maximum absolute atomic E-state index is 13.2. The maximum Gasteiger partial charge on any atom is 0.270 e. The lowest BCUT2D eigenvalue weighted by molar-refractivity contribution is -0.384. The molecule has 0 saturated heterocycles. The molecule has 1 N–H and O–H groups in total. The molecule has 0 fully saturated rings. The summed E-state index contributed by atoms with van der Waals surface area (Å²) in [5.41, 5.74) is 1.75. The van der Waals surface area contributed by atoms with Crippen molar-refractivity contribution in [2.24, 2.45) is 0 Å². The van der Waals surface area contributed by atoms with E-state index < -0.39 is 4.92 Å². The van der Waals surface area contributed by atoms with Crippen LogP contribution in [0.25, 0.3) is 0 Å². The molecule has 0 unspecified atom stereocenters. The van der Waals surface area contributed by atoms with Crippen molar-refractivity contribution in [1.82, 2.24) is 5.32 Å². The first kappa shape index (κ1) is 16.1. The Hall–Kier alpha value is -1.31. The Morgan fingerprint density at radius 1 is 1.05 bits per heavy atom. The zero-order valence-corrected chi connectivity index (χ0v) is 13.9. The molecule has 21 heavy (non-hydrogen) atoms. The summed E-state index contributed by atoms with van der Waals surface area (Å²) >= 11 is 6.68. The van der Waals surface area contributed by atoms with Gasteiger partial charge in [-0.2, -0.15) is 0 Å². The quantitative estimate of drug-likeness (QED) is 0.573. The summed E-state index contributed by atoms with van der Waals surface area (Å²) in [5.74, 6) is -0.286. The van der Waals surface area contributed by atoms with Gasteiger partial charge in [0.15, 0.2) is 0 Å². The van der Waals surface area contributed by atoms with E-state index in [4.69, 9.17) is 0 Å². The minimum atomic E-state index is -0.439. The van der Waals surface area contributed by atoms with Crippen molar-refractivity contribution >= 4 is 37.5 Å². The first-order valence-corrected chi connectivity index (χ1v) is 7.63. The average molecular weight is 418 g/mol. The van der Waals surface area contributed by atoms with Crippen molar-refractivity contribution in [2.75, 3.05) is 0 Å².